The van der Waals surface area contributed by atoms with Gasteiger partial charge >= 0.3 is 0 Å². The Morgan fingerprint density at radius 3 is 2.59 bits per heavy atom. The smallest absolute Gasteiger partial charge is 0.129 e. The molecule has 0 aliphatic heterocycles. The summed E-state index contributed by atoms with van der Waals surface area (Å²) in [5, 5.41) is 18.5. The molecule has 96 valence electrons. The highest BCUT2D eigenvalue weighted by molar-refractivity contribution is 6.31. The molecular formula is C12H19ClN2O2. The molecular weight excluding hydrogens is 240 g/mol. The topological polar surface area (TPSA) is 56.6 Å². The molecule has 1 heterocycles. The Bertz CT molecular complexity index is 358. The summed E-state index contributed by atoms with van der Waals surface area (Å²) in [6.45, 7) is 4.84. The lowest BCUT2D eigenvalue weighted by Crippen LogP contribution is -2.33. The fourth-order valence-corrected chi connectivity index (χ4v) is 1.79. The molecule has 0 atom stereocenters. The van der Waals surface area contributed by atoms with Crippen LogP contribution in [0.5, 0.6) is 0 Å². The van der Waals surface area contributed by atoms with E-state index in [-0.39, 0.29) is 19.3 Å². The van der Waals surface area contributed by atoms with Gasteiger partial charge in [0.15, 0.2) is 0 Å². The normalized spacial score (nSPS) is 10.9. The van der Waals surface area contributed by atoms with E-state index in [0.29, 0.717) is 17.1 Å². The number of rotatable bonds is 6. The van der Waals surface area contributed by atoms with Crippen molar-refractivity contribution in [1.29, 1.82) is 0 Å². The number of aliphatic hydroxyl groups is 2. The van der Waals surface area contributed by atoms with Gasteiger partial charge < -0.3 is 15.1 Å². The third-order valence-corrected chi connectivity index (χ3v) is 2.87. The van der Waals surface area contributed by atoms with Crippen LogP contribution in [0.2, 0.25) is 5.02 Å². The van der Waals surface area contributed by atoms with Crippen LogP contribution in [0, 0.1) is 0 Å². The molecule has 1 aromatic rings. The van der Waals surface area contributed by atoms with E-state index in [1.54, 1.807) is 6.07 Å². The summed E-state index contributed by atoms with van der Waals surface area (Å²) < 4.78 is 0. The van der Waals surface area contributed by atoms with Gasteiger partial charge in [0.2, 0.25) is 0 Å². The molecule has 5 heteroatoms. The van der Waals surface area contributed by atoms with E-state index < -0.39 is 0 Å². The Morgan fingerprint density at radius 1 is 1.35 bits per heavy atom. The first-order valence-electron chi connectivity index (χ1n) is 5.74. The second-order valence-corrected chi connectivity index (χ2v) is 4.53. The lowest BCUT2D eigenvalue weighted by Gasteiger charge is -2.28. The van der Waals surface area contributed by atoms with E-state index >= 15 is 0 Å². The number of hydrogen-bond donors (Lipinski definition) is 2. The minimum Gasteiger partial charge on any atom is -0.396 e. The van der Waals surface area contributed by atoms with Gasteiger partial charge in [-0.3, -0.25) is 0 Å². The zero-order chi connectivity index (χ0) is 12.8. The van der Waals surface area contributed by atoms with E-state index in [4.69, 9.17) is 21.8 Å². The summed E-state index contributed by atoms with van der Waals surface area (Å²) in [7, 11) is 0. The van der Waals surface area contributed by atoms with Crippen LogP contribution in [0.15, 0.2) is 12.1 Å². The minimum absolute atomic E-state index is 0.156. The molecule has 2 N–H and O–H groups in total. The maximum atomic E-state index is 9.13. The van der Waals surface area contributed by atoms with Crippen LogP contribution < -0.4 is 4.90 Å². The third kappa shape index (κ3) is 3.84. The highest BCUT2D eigenvalue weighted by Gasteiger charge is 2.13. The Hall–Kier alpha value is -0.840. The fraction of sp³-hybridized carbons (Fsp3) is 0.583. The Balaban J connectivity index is 2.93. The van der Waals surface area contributed by atoms with Crippen molar-refractivity contribution in [3.63, 3.8) is 0 Å². The number of hydrogen-bond acceptors (Lipinski definition) is 4. The van der Waals surface area contributed by atoms with Crippen molar-refractivity contribution in [1.82, 2.24) is 4.98 Å². The minimum atomic E-state index is -0.168. The van der Waals surface area contributed by atoms with Crippen LogP contribution in [0.4, 0.5) is 5.82 Å². The van der Waals surface area contributed by atoms with E-state index in [1.165, 1.54) is 0 Å². The molecule has 0 saturated heterocycles. The van der Waals surface area contributed by atoms with Crippen LogP contribution in [-0.2, 0) is 6.61 Å². The number of halogens is 1. The van der Waals surface area contributed by atoms with E-state index in [2.05, 4.69) is 23.7 Å². The summed E-state index contributed by atoms with van der Waals surface area (Å²) in [5.74, 6) is 0.780. The summed E-state index contributed by atoms with van der Waals surface area (Å²) in [6.07, 6.45) is 0.691. The lowest BCUT2D eigenvalue weighted by atomic mass is 10.2. The van der Waals surface area contributed by atoms with Crippen LogP contribution in [0.1, 0.15) is 26.0 Å². The van der Waals surface area contributed by atoms with Crippen LogP contribution in [0.25, 0.3) is 0 Å². The predicted octanol–water partition coefficient (Wildman–Crippen LogP) is 1.82. The molecule has 0 aromatic carbocycles. The van der Waals surface area contributed by atoms with Gasteiger partial charge in [-0.25, -0.2) is 4.98 Å². The van der Waals surface area contributed by atoms with Crippen molar-refractivity contribution in [2.24, 2.45) is 0 Å². The summed E-state index contributed by atoms with van der Waals surface area (Å²) in [5.41, 5.74) is 0.485. The molecule has 0 saturated carbocycles. The fourth-order valence-electron chi connectivity index (χ4n) is 1.62. The van der Waals surface area contributed by atoms with Gasteiger partial charge in [-0.05, 0) is 32.4 Å². The van der Waals surface area contributed by atoms with Crippen molar-refractivity contribution in [2.75, 3.05) is 18.1 Å². The van der Waals surface area contributed by atoms with Gasteiger partial charge in [-0.1, -0.05) is 11.6 Å². The first kappa shape index (κ1) is 14.2. The van der Waals surface area contributed by atoms with Crippen molar-refractivity contribution >= 4 is 17.4 Å². The number of nitrogens with zero attached hydrogens (tertiary/aromatic N) is 2. The molecule has 0 spiro atoms. The van der Waals surface area contributed by atoms with E-state index in [0.717, 1.165) is 12.4 Å². The number of pyridine rings is 1. The molecule has 0 unspecified atom stereocenters. The molecule has 4 nitrogen and oxygen atoms in total. The van der Waals surface area contributed by atoms with Gasteiger partial charge in [0, 0.05) is 19.2 Å². The van der Waals surface area contributed by atoms with Crippen molar-refractivity contribution in [3.8, 4) is 0 Å². The molecule has 0 aliphatic carbocycles. The standard InChI is InChI=1S/C12H19ClN2O2/c1-9(2)15(6-3-7-16)12-5-4-10(13)11(8-17)14-12/h4-5,9,16-17H,3,6-8H2,1-2H3. The molecule has 0 fully saturated rings. The van der Waals surface area contributed by atoms with Crippen molar-refractivity contribution in [2.45, 2.75) is 32.9 Å². The second kappa shape index (κ2) is 6.79. The van der Waals surface area contributed by atoms with Crippen LogP contribution in [-0.4, -0.2) is 34.4 Å². The summed E-state index contributed by atoms with van der Waals surface area (Å²) >= 11 is 5.90. The summed E-state index contributed by atoms with van der Waals surface area (Å²) in [4.78, 5) is 6.40. The zero-order valence-corrected chi connectivity index (χ0v) is 11.0. The Labute approximate surface area is 107 Å². The second-order valence-electron chi connectivity index (χ2n) is 4.12. The quantitative estimate of drug-likeness (QED) is 0.817. The van der Waals surface area contributed by atoms with Gasteiger partial charge in [0.05, 0.1) is 17.3 Å². The molecule has 0 amide bonds. The molecule has 0 aliphatic rings. The lowest BCUT2D eigenvalue weighted by molar-refractivity contribution is 0.276. The maximum Gasteiger partial charge on any atom is 0.129 e. The molecule has 1 aromatic heterocycles. The highest BCUT2D eigenvalue weighted by Crippen LogP contribution is 2.21. The van der Waals surface area contributed by atoms with Crippen LogP contribution >= 0.6 is 11.6 Å². The van der Waals surface area contributed by atoms with Crippen molar-refractivity contribution in [3.05, 3.63) is 22.8 Å². The van der Waals surface area contributed by atoms with Gasteiger partial charge in [-0.2, -0.15) is 0 Å². The molecule has 1 rings (SSSR count). The van der Waals surface area contributed by atoms with Gasteiger partial charge in [-0.15, -0.1) is 0 Å². The monoisotopic (exact) mass is 258 g/mol. The number of aromatic nitrogens is 1. The largest absolute Gasteiger partial charge is 0.396 e. The maximum absolute atomic E-state index is 9.13. The average molecular weight is 259 g/mol. The van der Waals surface area contributed by atoms with Gasteiger partial charge in [0.1, 0.15) is 5.82 Å². The Morgan fingerprint density at radius 2 is 2.06 bits per heavy atom. The van der Waals surface area contributed by atoms with Gasteiger partial charge in [0.25, 0.3) is 0 Å². The molecule has 17 heavy (non-hydrogen) atoms. The summed E-state index contributed by atoms with van der Waals surface area (Å²) in [6, 6.07) is 3.85. The van der Waals surface area contributed by atoms with E-state index in [9.17, 15) is 0 Å². The SMILES string of the molecule is CC(C)N(CCCO)c1ccc(Cl)c(CO)n1. The zero-order valence-electron chi connectivity index (χ0n) is 10.2. The predicted molar refractivity (Wildman–Crippen MR) is 69.4 cm³/mol. The molecule has 0 bridgehead atoms. The van der Waals surface area contributed by atoms with Crippen molar-refractivity contribution < 1.29 is 10.2 Å². The molecule has 0 radical (unpaired) electrons. The van der Waals surface area contributed by atoms with Crippen LogP contribution in [0.3, 0.4) is 0 Å². The third-order valence-electron chi connectivity index (χ3n) is 2.53. The highest BCUT2D eigenvalue weighted by atomic mass is 35.5. The first-order chi connectivity index (χ1) is 8.10. The number of anilines is 1. The average Bonchev–Trinajstić information content (AvgIpc) is 2.31. The Kier molecular flexibility index (Phi) is 5.68. The number of aliphatic hydroxyl groups excluding tert-OH is 2. The van der Waals surface area contributed by atoms with E-state index in [1.807, 2.05) is 6.07 Å². The first-order valence-corrected chi connectivity index (χ1v) is 6.11.